The third-order valence-electron chi connectivity index (χ3n) is 1.78. The van der Waals surface area contributed by atoms with Gasteiger partial charge in [-0.05, 0) is 25.1 Å². The maximum Gasteiger partial charge on any atom is 0.150 e. The fraction of sp³-hybridized carbons (Fsp3) is 0.111. The topological polar surface area (TPSA) is 28.7 Å². The van der Waals surface area contributed by atoms with E-state index in [1.807, 2.05) is 6.07 Å². The molecule has 2 nitrogen and oxygen atoms in total. The molecule has 72 valence electrons. The standard InChI is InChI=1S/C9H7ClN2S2/c1-5-2-3-7(14-5)6-4-8(10)11-12-9(6)13/h2-4H,1H3,(H,12,13). The Morgan fingerprint density at radius 1 is 1.50 bits per heavy atom. The number of halogens is 1. The molecule has 0 atom stereocenters. The first-order chi connectivity index (χ1) is 6.66. The summed E-state index contributed by atoms with van der Waals surface area (Å²) in [4.78, 5) is 2.37. The minimum absolute atomic E-state index is 0.430. The highest BCUT2D eigenvalue weighted by molar-refractivity contribution is 7.71. The third-order valence-corrected chi connectivity index (χ3v) is 3.32. The second-order valence-electron chi connectivity index (χ2n) is 2.84. The lowest BCUT2D eigenvalue weighted by Gasteiger charge is -1.97. The fourth-order valence-electron chi connectivity index (χ4n) is 1.14. The Morgan fingerprint density at radius 2 is 2.29 bits per heavy atom. The van der Waals surface area contributed by atoms with Crippen molar-refractivity contribution in [3.05, 3.63) is 32.9 Å². The van der Waals surface area contributed by atoms with Crippen LogP contribution >= 0.6 is 35.2 Å². The molecule has 0 aliphatic heterocycles. The van der Waals surface area contributed by atoms with Crippen LogP contribution in [0.15, 0.2) is 18.2 Å². The second-order valence-corrected chi connectivity index (χ2v) is 4.93. The number of hydrogen-bond acceptors (Lipinski definition) is 3. The number of aryl methyl sites for hydroxylation is 1. The summed E-state index contributed by atoms with van der Waals surface area (Å²) in [5.41, 5.74) is 0.943. The Kier molecular flexibility index (Phi) is 2.67. The quantitative estimate of drug-likeness (QED) is 0.770. The maximum atomic E-state index is 5.79. The van der Waals surface area contributed by atoms with E-state index in [9.17, 15) is 0 Å². The number of H-pyrrole nitrogens is 1. The van der Waals surface area contributed by atoms with Gasteiger partial charge in [-0.25, -0.2) is 0 Å². The molecule has 1 N–H and O–H groups in total. The van der Waals surface area contributed by atoms with Gasteiger partial charge in [0.25, 0.3) is 0 Å². The molecule has 0 spiro atoms. The molecule has 0 radical (unpaired) electrons. The molecule has 0 bridgehead atoms. The number of aromatic nitrogens is 2. The van der Waals surface area contributed by atoms with Crippen LogP contribution in [0.1, 0.15) is 4.88 Å². The molecule has 0 aliphatic carbocycles. The highest BCUT2D eigenvalue weighted by Gasteiger charge is 2.04. The van der Waals surface area contributed by atoms with Gasteiger partial charge in [0.1, 0.15) is 9.79 Å². The van der Waals surface area contributed by atoms with Gasteiger partial charge in [0.15, 0.2) is 0 Å². The summed E-state index contributed by atoms with van der Waals surface area (Å²) in [5, 5.41) is 6.96. The SMILES string of the molecule is Cc1ccc(-c2cc(Cl)n[nH]c2=S)s1. The molecule has 0 saturated carbocycles. The Bertz CT molecular complexity index is 516. The Labute approximate surface area is 95.6 Å². The van der Waals surface area contributed by atoms with E-state index < -0.39 is 0 Å². The zero-order valence-electron chi connectivity index (χ0n) is 7.37. The summed E-state index contributed by atoms with van der Waals surface area (Å²) in [5.74, 6) is 0. The first-order valence-corrected chi connectivity index (χ1v) is 5.59. The third kappa shape index (κ3) is 1.87. The van der Waals surface area contributed by atoms with Crippen LogP contribution in [0.2, 0.25) is 5.15 Å². The normalized spacial score (nSPS) is 10.4. The largest absolute Gasteiger partial charge is 0.266 e. The summed E-state index contributed by atoms with van der Waals surface area (Å²) in [6.07, 6.45) is 0. The summed E-state index contributed by atoms with van der Waals surface area (Å²) in [6.45, 7) is 2.06. The van der Waals surface area contributed by atoms with E-state index in [2.05, 4.69) is 23.2 Å². The molecule has 0 saturated heterocycles. The van der Waals surface area contributed by atoms with E-state index in [1.54, 1.807) is 17.4 Å². The van der Waals surface area contributed by atoms with Crippen LogP contribution in [0.5, 0.6) is 0 Å². The van der Waals surface area contributed by atoms with Crippen LogP contribution in [-0.4, -0.2) is 10.2 Å². The first-order valence-electron chi connectivity index (χ1n) is 3.99. The van der Waals surface area contributed by atoms with Crippen molar-refractivity contribution >= 4 is 35.2 Å². The molecule has 0 unspecified atom stereocenters. The van der Waals surface area contributed by atoms with Gasteiger partial charge < -0.3 is 0 Å². The van der Waals surface area contributed by atoms with Gasteiger partial charge in [-0.1, -0.05) is 23.8 Å². The number of hydrogen-bond donors (Lipinski definition) is 1. The molecule has 14 heavy (non-hydrogen) atoms. The Morgan fingerprint density at radius 3 is 2.93 bits per heavy atom. The van der Waals surface area contributed by atoms with E-state index in [0.717, 1.165) is 10.4 Å². The minimum atomic E-state index is 0.430. The van der Waals surface area contributed by atoms with Gasteiger partial charge in [-0.3, -0.25) is 5.10 Å². The fourth-order valence-corrected chi connectivity index (χ4v) is 2.46. The number of thiophene rings is 1. The van der Waals surface area contributed by atoms with E-state index in [1.165, 1.54) is 4.88 Å². The summed E-state index contributed by atoms with van der Waals surface area (Å²) in [6, 6.07) is 5.88. The molecule has 2 rings (SSSR count). The van der Waals surface area contributed by atoms with Crippen molar-refractivity contribution in [1.29, 1.82) is 0 Å². The molecule has 2 aromatic heterocycles. The van der Waals surface area contributed by atoms with Crippen molar-refractivity contribution in [3.63, 3.8) is 0 Å². The molecular weight excluding hydrogens is 236 g/mol. The molecule has 0 amide bonds. The molecule has 5 heteroatoms. The Hall–Kier alpha value is -0.710. The van der Waals surface area contributed by atoms with Crippen molar-refractivity contribution < 1.29 is 0 Å². The summed E-state index contributed by atoms with van der Waals surface area (Å²) < 4.78 is 0.622. The monoisotopic (exact) mass is 242 g/mol. The van der Waals surface area contributed by atoms with E-state index >= 15 is 0 Å². The average molecular weight is 243 g/mol. The van der Waals surface area contributed by atoms with Crippen LogP contribution in [0.25, 0.3) is 10.4 Å². The van der Waals surface area contributed by atoms with Crippen molar-refractivity contribution in [2.75, 3.05) is 0 Å². The molecule has 0 aromatic carbocycles. The smallest absolute Gasteiger partial charge is 0.150 e. The predicted octanol–water partition coefficient (Wildman–Crippen LogP) is 3.83. The van der Waals surface area contributed by atoms with Gasteiger partial charge in [-0.15, -0.1) is 11.3 Å². The average Bonchev–Trinajstić information content (AvgIpc) is 2.56. The van der Waals surface area contributed by atoms with E-state index in [-0.39, 0.29) is 0 Å². The molecule has 0 aliphatic rings. The van der Waals surface area contributed by atoms with Gasteiger partial charge in [0, 0.05) is 15.3 Å². The first kappa shape index (κ1) is 9.83. The van der Waals surface area contributed by atoms with Crippen LogP contribution in [-0.2, 0) is 0 Å². The maximum absolute atomic E-state index is 5.79. The van der Waals surface area contributed by atoms with E-state index in [0.29, 0.717) is 9.79 Å². The summed E-state index contributed by atoms with van der Waals surface area (Å²) in [7, 11) is 0. The van der Waals surface area contributed by atoms with Crippen LogP contribution in [0, 0.1) is 11.6 Å². The highest BCUT2D eigenvalue weighted by atomic mass is 35.5. The van der Waals surface area contributed by atoms with Crippen LogP contribution in [0.3, 0.4) is 0 Å². The zero-order valence-corrected chi connectivity index (χ0v) is 9.76. The van der Waals surface area contributed by atoms with Crippen LogP contribution < -0.4 is 0 Å². The Balaban J connectivity index is 2.61. The predicted molar refractivity (Wildman–Crippen MR) is 62.5 cm³/mol. The lowest BCUT2D eigenvalue weighted by molar-refractivity contribution is 1.02. The molecule has 0 fully saturated rings. The molecular formula is C9H7ClN2S2. The van der Waals surface area contributed by atoms with Crippen molar-refractivity contribution in [1.82, 2.24) is 10.2 Å². The number of aromatic amines is 1. The number of rotatable bonds is 1. The molecule has 2 heterocycles. The second kappa shape index (κ2) is 3.81. The van der Waals surface area contributed by atoms with Crippen molar-refractivity contribution in [2.24, 2.45) is 0 Å². The van der Waals surface area contributed by atoms with E-state index in [4.69, 9.17) is 23.8 Å². The van der Waals surface area contributed by atoms with Gasteiger partial charge in [0.05, 0.1) is 0 Å². The lowest BCUT2D eigenvalue weighted by Crippen LogP contribution is -1.85. The minimum Gasteiger partial charge on any atom is -0.266 e. The zero-order chi connectivity index (χ0) is 10.1. The lowest BCUT2D eigenvalue weighted by atomic mass is 10.2. The number of nitrogens with zero attached hydrogens (tertiary/aromatic N) is 1. The molecule has 2 aromatic rings. The number of nitrogens with one attached hydrogen (secondary N) is 1. The van der Waals surface area contributed by atoms with Gasteiger partial charge in [-0.2, -0.15) is 5.10 Å². The van der Waals surface area contributed by atoms with Gasteiger partial charge in [0.2, 0.25) is 0 Å². The summed E-state index contributed by atoms with van der Waals surface area (Å²) >= 11 is 12.6. The highest BCUT2D eigenvalue weighted by Crippen LogP contribution is 2.28. The van der Waals surface area contributed by atoms with Gasteiger partial charge >= 0.3 is 0 Å². The van der Waals surface area contributed by atoms with Crippen molar-refractivity contribution in [3.8, 4) is 10.4 Å². The van der Waals surface area contributed by atoms with Crippen LogP contribution in [0.4, 0.5) is 0 Å². The van der Waals surface area contributed by atoms with Crippen molar-refractivity contribution in [2.45, 2.75) is 6.92 Å².